The van der Waals surface area contributed by atoms with Gasteiger partial charge in [0.05, 0.1) is 39.9 Å². The minimum Gasteiger partial charge on any atom is -0.387 e. The van der Waals surface area contributed by atoms with Crippen LogP contribution in [0.5, 0.6) is 0 Å². The Labute approximate surface area is 400 Å². The Morgan fingerprint density at radius 1 is 0.538 bits per heavy atom. The highest BCUT2D eigenvalue weighted by atomic mass is 31.2. The van der Waals surface area contributed by atoms with Gasteiger partial charge in [-0.25, -0.2) is 4.57 Å². The van der Waals surface area contributed by atoms with Crippen molar-refractivity contribution in [3.05, 3.63) is 109 Å². The number of aliphatic hydroxyl groups is 1. The van der Waals surface area contributed by atoms with Crippen LogP contribution in [0.4, 0.5) is 0 Å². The fourth-order valence-corrected chi connectivity index (χ4v) is 7.42. The molecule has 0 fully saturated rings. The van der Waals surface area contributed by atoms with Crippen LogP contribution in [0.15, 0.2) is 109 Å². The molecule has 8 nitrogen and oxygen atoms in total. The number of nitrogens with zero attached hydrogens (tertiary/aromatic N) is 1. The molecule has 0 saturated carbocycles. The number of unbranched alkanes of at least 4 members (excludes halogenated alkanes) is 16. The van der Waals surface area contributed by atoms with Gasteiger partial charge in [-0.2, -0.15) is 0 Å². The van der Waals surface area contributed by atoms with Crippen molar-refractivity contribution in [1.82, 2.24) is 5.32 Å². The molecule has 0 aromatic carbocycles. The first-order valence-corrected chi connectivity index (χ1v) is 27.3. The van der Waals surface area contributed by atoms with Crippen LogP contribution in [-0.4, -0.2) is 73.4 Å². The highest BCUT2D eigenvalue weighted by Crippen LogP contribution is 2.43. The van der Waals surface area contributed by atoms with E-state index in [-0.39, 0.29) is 19.1 Å². The van der Waals surface area contributed by atoms with Crippen molar-refractivity contribution in [3.63, 3.8) is 0 Å². The van der Waals surface area contributed by atoms with Crippen molar-refractivity contribution >= 4 is 13.7 Å². The lowest BCUT2D eigenvalue weighted by Crippen LogP contribution is -2.45. The number of hydrogen-bond acceptors (Lipinski definition) is 5. The van der Waals surface area contributed by atoms with Gasteiger partial charge in [0.1, 0.15) is 13.2 Å². The molecule has 1 amide bonds. The van der Waals surface area contributed by atoms with Crippen LogP contribution in [-0.2, 0) is 18.4 Å². The number of phosphoric ester groups is 1. The van der Waals surface area contributed by atoms with Crippen LogP contribution in [0.2, 0.25) is 0 Å². The second kappa shape index (κ2) is 46.3. The summed E-state index contributed by atoms with van der Waals surface area (Å²) in [7, 11) is 1.53. The van der Waals surface area contributed by atoms with Crippen LogP contribution >= 0.6 is 7.82 Å². The first-order chi connectivity index (χ1) is 31.5. The number of allylic oxidation sites excluding steroid dienone is 17. The summed E-state index contributed by atoms with van der Waals surface area (Å²) < 4.78 is 23.6. The van der Waals surface area contributed by atoms with Gasteiger partial charge in [-0.05, 0) is 89.9 Å². The lowest BCUT2D eigenvalue weighted by atomic mass is 10.1. The maximum atomic E-state index is 12.9. The Morgan fingerprint density at radius 2 is 0.938 bits per heavy atom. The molecule has 372 valence electrons. The van der Waals surface area contributed by atoms with Crippen LogP contribution in [0.25, 0.3) is 0 Å². The van der Waals surface area contributed by atoms with Gasteiger partial charge >= 0.3 is 7.82 Å². The average Bonchev–Trinajstić information content (AvgIpc) is 3.26. The zero-order chi connectivity index (χ0) is 47.8. The van der Waals surface area contributed by atoms with E-state index in [9.17, 15) is 19.4 Å². The normalized spacial score (nSPS) is 15.0. The molecule has 0 rings (SSSR count). The van der Waals surface area contributed by atoms with Gasteiger partial charge in [0, 0.05) is 6.42 Å². The first-order valence-electron chi connectivity index (χ1n) is 25.8. The molecule has 0 radical (unpaired) electrons. The minimum absolute atomic E-state index is 0.0492. The summed E-state index contributed by atoms with van der Waals surface area (Å²) >= 11 is 0. The van der Waals surface area contributed by atoms with Gasteiger partial charge in [-0.1, -0.05) is 200 Å². The molecule has 0 aliphatic rings. The summed E-state index contributed by atoms with van der Waals surface area (Å²) in [5, 5.41) is 13.8. The van der Waals surface area contributed by atoms with Gasteiger partial charge in [0.15, 0.2) is 0 Å². The first kappa shape index (κ1) is 62.2. The maximum Gasteiger partial charge on any atom is 0.472 e. The lowest BCUT2D eigenvalue weighted by Gasteiger charge is -2.25. The molecule has 0 aliphatic carbocycles. The zero-order valence-corrected chi connectivity index (χ0v) is 43.1. The zero-order valence-electron chi connectivity index (χ0n) is 42.2. The van der Waals surface area contributed by atoms with E-state index in [0.717, 1.165) is 89.9 Å². The highest BCUT2D eigenvalue weighted by Gasteiger charge is 2.27. The Kier molecular flexibility index (Phi) is 44.3. The Bertz CT molecular complexity index is 1420. The Balaban J connectivity index is 4.23. The summed E-state index contributed by atoms with van der Waals surface area (Å²) in [6, 6.07) is -0.873. The van der Waals surface area contributed by atoms with Crippen LogP contribution in [0.1, 0.15) is 187 Å². The summed E-state index contributed by atoms with van der Waals surface area (Å²) in [5.41, 5.74) is 0. The van der Waals surface area contributed by atoms with E-state index in [2.05, 4.69) is 116 Å². The van der Waals surface area contributed by atoms with Crippen molar-refractivity contribution in [2.45, 2.75) is 199 Å². The van der Waals surface area contributed by atoms with E-state index < -0.39 is 20.0 Å². The molecule has 3 unspecified atom stereocenters. The number of phosphoric acid groups is 1. The SMILES string of the molecule is CC/C=C\C/C=C\C/C=C\C/C=C\C/C=C\C/C=C\C/C=C\CCCCCCCCCCCC(=O)NC(COP(=O)(O)OCC[N+](C)(C)C)C(O)/C=C/CC/C=C/CCCCCCCC. The van der Waals surface area contributed by atoms with Crippen molar-refractivity contribution in [2.24, 2.45) is 0 Å². The second-order valence-electron chi connectivity index (χ2n) is 18.2. The standard InChI is InChI=1S/C56H97N2O6P/c1-6-8-10-12-14-16-18-20-21-22-23-24-25-26-27-28-29-30-31-32-33-34-35-36-37-38-40-42-44-46-48-50-56(60)57-54(53-64-65(61,62)63-52-51-58(3,4)5)55(59)49-47-45-43-41-39-19-17-15-13-11-9-7-2/h8,10,14,16,20-21,23-24,26-27,29-30,32-33,39,41,47,49,54-55,59H,6-7,9,11-13,15,17-19,22,25,28,31,34-38,40,42-46,48,50-53H2,1-5H3,(H-,57,60,61,62)/p+1/b10-8-,16-14-,21-20-,24-23-,27-26-,30-29-,33-32-,41-39+,49-47+. The van der Waals surface area contributed by atoms with Crippen LogP contribution in [0.3, 0.4) is 0 Å². The van der Waals surface area contributed by atoms with Crippen molar-refractivity contribution in [1.29, 1.82) is 0 Å². The van der Waals surface area contributed by atoms with Gasteiger partial charge < -0.3 is 19.8 Å². The molecule has 65 heavy (non-hydrogen) atoms. The highest BCUT2D eigenvalue weighted by molar-refractivity contribution is 7.47. The number of quaternary nitrogens is 1. The van der Waals surface area contributed by atoms with Gasteiger partial charge in [0.25, 0.3) is 0 Å². The molecule has 0 aromatic heterocycles. The average molecular weight is 926 g/mol. The predicted octanol–water partition coefficient (Wildman–Crippen LogP) is 15.3. The number of carbonyl (C=O) groups excluding carboxylic acids is 1. The topological polar surface area (TPSA) is 105 Å². The third-order valence-corrected chi connectivity index (χ3v) is 11.7. The number of hydrogen-bond donors (Lipinski definition) is 3. The molecule has 0 saturated heterocycles. The summed E-state index contributed by atoms with van der Waals surface area (Å²) in [6.07, 6.45) is 67.5. The lowest BCUT2D eigenvalue weighted by molar-refractivity contribution is -0.870. The number of amides is 1. The second-order valence-corrected chi connectivity index (χ2v) is 19.6. The van der Waals surface area contributed by atoms with Crippen molar-refractivity contribution in [2.75, 3.05) is 40.9 Å². The van der Waals surface area contributed by atoms with E-state index in [1.807, 2.05) is 27.2 Å². The molecule has 0 bridgehead atoms. The molecule has 0 aliphatic heterocycles. The van der Waals surface area contributed by atoms with E-state index in [0.29, 0.717) is 17.4 Å². The maximum absolute atomic E-state index is 12.9. The van der Waals surface area contributed by atoms with Gasteiger partial charge in [-0.15, -0.1) is 0 Å². The summed E-state index contributed by atoms with van der Waals surface area (Å²) in [6.45, 7) is 4.63. The fraction of sp³-hybridized carbons (Fsp3) is 0.661. The molecular weight excluding hydrogens is 828 g/mol. The van der Waals surface area contributed by atoms with Crippen molar-refractivity contribution < 1.29 is 32.9 Å². The quantitative estimate of drug-likeness (QED) is 0.0243. The van der Waals surface area contributed by atoms with E-state index in [1.165, 1.54) is 77.0 Å². The predicted molar refractivity (Wildman–Crippen MR) is 281 cm³/mol. The van der Waals surface area contributed by atoms with E-state index in [4.69, 9.17) is 9.05 Å². The van der Waals surface area contributed by atoms with E-state index >= 15 is 0 Å². The molecule has 3 atom stereocenters. The molecule has 0 spiro atoms. The fourth-order valence-electron chi connectivity index (χ4n) is 6.68. The van der Waals surface area contributed by atoms with Crippen molar-refractivity contribution in [3.8, 4) is 0 Å². The third kappa shape index (κ3) is 48.9. The Morgan fingerprint density at radius 3 is 1.42 bits per heavy atom. The number of likely N-dealkylation sites (N-methyl/N-ethyl adjacent to an activating group) is 1. The van der Waals surface area contributed by atoms with E-state index in [1.54, 1.807) is 6.08 Å². The molecule has 3 N–H and O–H groups in total. The molecule has 0 aromatic rings. The van der Waals surface area contributed by atoms with Crippen LogP contribution < -0.4 is 5.32 Å². The van der Waals surface area contributed by atoms with Crippen LogP contribution in [0, 0.1) is 0 Å². The minimum atomic E-state index is -4.36. The number of aliphatic hydroxyl groups excluding tert-OH is 1. The number of carbonyl (C=O) groups is 1. The molecule has 0 heterocycles. The third-order valence-electron chi connectivity index (χ3n) is 10.7. The Hall–Kier alpha value is -2.84. The van der Waals surface area contributed by atoms with Gasteiger partial charge in [-0.3, -0.25) is 13.8 Å². The molecular formula is C56H98N2O6P+. The smallest absolute Gasteiger partial charge is 0.387 e. The number of rotatable bonds is 45. The number of nitrogens with one attached hydrogen (secondary N) is 1. The van der Waals surface area contributed by atoms with Gasteiger partial charge in [0.2, 0.25) is 5.91 Å². The largest absolute Gasteiger partial charge is 0.472 e. The monoisotopic (exact) mass is 926 g/mol. The molecule has 9 heteroatoms. The summed E-state index contributed by atoms with van der Waals surface area (Å²) in [4.78, 5) is 23.2. The summed E-state index contributed by atoms with van der Waals surface area (Å²) in [5.74, 6) is -0.200.